The zero-order valence-electron chi connectivity index (χ0n) is 20.2. The largest absolute Gasteiger partial charge is 0.378 e. The van der Waals surface area contributed by atoms with Crippen molar-refractivity contribution >= 4 is 29.2 Å². The van der Waals surface area contributed by atoms with E-state index in [1.807, 2.05) is 6.92 Å². The molecule has 36 heavy (non-hydrogen) atoms. The lowest BCUT2D eigenvalue weighted by Crippen LogP contribution is -2.47. The van der Waals surface area contributed by atoms with Crippen LogP contribution in [0.4, 0.5) is 25.0 Å². The zero-order valence-corrected chi connectivity index (χ0v) is 20.2. The van der Waals surface area contributed by atoms with E-state index in [4.69, 9.17) is 4.74 Å². The predicted octanol–water partition coefficient (Wildman–Crippen LogP) is 2.12. The molecule has 0 bridgehead atoms. The number of aromatic nitrogens is 2. The van der Waals surface area contributed by atoms with Crippen molar-refractivity contribution in [1.29, 1.82) is 0 Å². The lowest BCUT2D eigenvalue weighted by molar-refractivity contribution is -0.139. The maximum atomic E-state index is 13.9. The zero-order chi connectivity index (χ0) is 25.6. The summed E-state index contributed by atoms with van der Waals surface area (Å²) in [7, 11) is 0. The third kappa shape index (κ3) is 4.41. The van der Waals surface area contributed by atoms with Crippen molar-refractivity contribution in [1.82, 2.24) is 19.6 Å². The van der Waals surface area contributed by atoms with Crippen LogP contribution in [0.15, 0.2) is 18.3 Å². The van der Waals surface area contributed by atoms with Gasteiger partial charge in [0.1, 0.15) is 11.6 Å². The summed E-state index contributed by atoms with van der Waals surface area (Å²) in [4.78, 5) is 43.7. The van der Waals surface area contributed by atoms with E-state index in [0.717, 1.165) is 12.1 Å². The minimum atomic E-state index is -0.744. The summed E-state index contributed by atoms with van der Waals surface area (Å²) in [5, 5.41) is 6.98. The molecule has 2 fully saturated rings. The number of urea groups is 1. The Labute approximate surface area is 206 Å². The van der Waals surface area contributed by atoms with Gasteiger partial charge < -0.3 is 24.8 Å². The summed E-state index contributed by atoms with van der Waals surface area (Å²) in [6.45, 7) is 5.96. The van der Waals surface area contributed by atoms with Gasteiger partial charge in [-0.05, 0) is 26.0 Å². The van der Waals surface area contributed by atoms with E-state index in [-0.39, 0.29) is 48.6 Å². The van der Waals surface area contributed by atoms with Crippen molar-refractivity contribution in [3.05, 3.63) is 41.2 Å². The second-order valence-corrected chi connectivity index (χ2v) is 9.47. The Hall–Kier alpha value is -3.54. The van der Waals surface area contributed by atoms with Gasteiger partial charge in [0.05, 0.1) is 55.8 Å². The standard InChI is InChI=1S/C24H28F2N6O4/c1-14-11-32-21(13-30(14)24(35)28-17-8-18(25)15(2)19(26)9-17)20(10-27-32)31-12-16(7-22(31)33)23(34)29-3-5-36-6-4-29/h8-10,14,16H,3-7,11-13H2,1-2H3,(H,28,35)/t14-,16?/m0/s1. The van der Waals surface area contributed by atoms with Crippen molar-refractivity contribution in [2.45, 2.75) is 39.4 Å². The van der Waals surface area contributed by atoms with Crippen molar-refractivity contribution < 1.29 is 27.9 Å². The maximum Gasteiger partial charge on any atom is 0.322 e. The molecule has 2 saturated heterocycles. The molecule has 1 unspecified atom stereocenters. The lowest BCUT2D eigenvalue weighted by atomic mass is 10.1. The molecule has 3 aliphatic heterocycles. The average Bonchev–Trinajstić information content (AvgIpc) is 3.44. The van der Waals surface area contributed by atoms with Crippen LogP contribution in [0.25, 0.3) is 0 Å². The van der Waals surface area contributed by atoms with Gasteiger partial charge >= 0.3 is 6.03 Å². The highest BCUT2D eigenvalue weighted by Crippen LogP contribution is 2.32. The molecular weight excluding hydrogens is 474 g/mol. The highest BCUT2D eigenvalue weighted by atomic mass is 19.1. The van der Waals surface area contributed by atoms with E-state index >= 15 is 0 Å². The van der Waals surface area contributed by atoms with Crippen LogP contribution in [0.1, 0.15) is 24.6 Å². The third-order valence-electron chi connectivity index (χ3n) is 7.10. The summed E-state index contributed by atoms with van der Waals surface area (Å²) >= 11 is 0. The number of benzene rings is 1. The van der Waals surface area contributed by atoms with Crippen LogP contribution in [0, 0.1) is 24.5 Å². The van der Waals surface area contributed by atoms with Crippen LogP contribution in [0.5, 0.6) is 0 Å². The highest BCUT2D eigenvalue weighted by Gasteiger charge is 2.40. The smallest absolute Gasteiger partial charge is 0.322 e. The van der Waals surface area contributed by atoms with Crippen LogP contribution in [-0.4, -0.2) is 76.3 Å². The first kappa shape index (κ1) is 24.2. The average molecular weight is 503 g/mol. The number of rotatable bonds is 3. The first-order chi connectivity index (χ1) is 17.2. The number of amides is 4. The Balaban J connectivity index is 1.31. The van der Waals surface area contributed by atoms with Crippen LogP contribution in [0.3, 0.4) is 0 Å². The van der Waals surface area contributed by atoms with E-state index in [9.17, 15) is 23.2 Å². The van der Waals surface area contributed by atoms with Crippen molar-refractivity contribution in [2.24, 2.45) is 5.92 Å². The number of carbonyl (C=O) groups excluding carboxylic acids is 3. The number of fused-ring (bicyclic) bond motifs is 1. The minimum Gasteiger partial charge on any atom is -0.378 e. The predicted molar refractivity (Wildman–Crippen MR) is 125 cm³/mol. The van der Waals surface area contributed by atoms with Gasteiger partial charge in [0, 0.05) is 37.3 Å². The number of anilines is 2. The first-order valence-corrected chi connectivity index (χ1v) is 12.0. The van der Waals surface area contributed by atoms with E-state index in [1.165, 1.54) is 11.8 Å². The van der Waals surface area contributed by atoms with Gasteiger partial charge in [-0.1, -0.05) is 0 Å². The molecule has 0 aliphatic carbocycles. The number of morpholine rings is 1. The minimum absolute atomic E-state index is 0.0197. The van der Waals surface area contributed by atoms with Crippen molar-refractivity contribution in [2.75, 3.05) is 43.1 Å². The van der Waals surface area contributed by atoms with Crippen LogP contribution >= 0.6 is 0 Å². The van der Waals surface area contributed by atoms with Gasteiger partial charge in [-0.25, -0.2) is 13.6 Å². The number of nitrogens with one attached hydrogen (secondary N) is 1. The van der Waals surface area contributed by atoms with Crippen molar-refractivity contribution in [3.63, 3.8) is 0 Å². The third-order valence-corrected chi connectivity index (χ3v) is 7.10. The van der Waals surface area contributed by atoms with Gasteiger partial charge in [-0.2, -0.15) is 5.10 Å². The highest BCUT2D eigenvalue weighted by molar-refractivity contribution is 6.00. The Morgan fingerprint density at radius 1 is 1.14 bits per heavy atom. The number of ether oxygens (including phenoxy) is 1. The number of halogens is 2. The van der Waals surface area contributed by atoms with Crippen LogP contribution in [-0.2, 0) is 27.4 Å². The fraction of sp³-hybridized carbons (Fsp3) is 0.500. The van der Waals surface area contributed by atoms with E-state index in [0.29, 0.717) is 44.2 Å². The fourth-order valence-corrected chi connectivity index (χ4v) is 4.94. The first-order valence-electron chi connectivity index (χ1n) is 12.0. The molecule has 4 heterocycles. The second-order valence-electron chi connectivity index (χ2n) is 9.47. The van der Waals surface area contributed by atoms with Crippen LogP contribution in [0.2, 0.25) is 0 Å². The number of carbonyl (C=O) groups is 3. The molecule has 10 nitrogen and oxygen atoms in total. The molecule has 2 atom stereocenters. The van der Waals surface area contributed by atoms with Gasteiger partial charge in [0.25, 0.3) is 0 Å². The molecule has 12 heteroatoms. The fourth-order valence-electron chi connectivity index (χ4n) is 4.94. The molecule has 5 rings (SSSR count). The summed E-state index contributed by atoms with van der Waals surface area (Å²) in [6.07, 6.45) is 1.71. The van der Waals surface area contributed by atoms with Gasteiger partial charge in [0.15, 0.2) is 0 Å². The SMILES string of the molecule is Cc1c(F)cc(NC(=O)N2Cc3c(N4CC(C(=O)N5CCOCC5)CC4=O)cnn3C[C@@H]2C)cc1F. The number of nitrogens with zero attached hydrogens (tertiary/aromatic N) is 5. The normalized spacial score (nSPS) is 22.1. The summed E-state index contributed by atoms with van der Waals surface area (Å²) in [5.74, 6) is -2.16. The summed E-state index contributed by atoms with van der Waals surface area (Å²) in [5.41, 5.74) is 1.13. The maximum absolute atomic E-state index is 13.9. The summed E-state index contributed by atoms with van der Waals surface area (Å²) in [6, 6.07) is 1.39. The summed E-state index contributed by atoms with van der Waals surface area (Å²) < 4.78 is 35.0. The molecule has 0 spiro atoms. The second kappa shape index (κ2) is 9.49. The molecule has 3 aliphatic rings. The Bertz CT molecular complexity index is 1190. The molecule has 4 amide bonds. The van der Waals surface area contributed by atoms with Gasteiger partial charge in [0.2, 0.25) is 11.8 Å². The Morgan fingerprint density at radius 2 is 1.83 bits per heavy atom. The number of hydrogen-bond donors (Lipinski definition) is 1. The molecule has 1 aromatic heterocycles. The molecule has 192 valence electrons. The monoisotopic (exact) mass is 502 g/mol. The molecule has 0 saturated carbocycles. The van der Waals surface area contributed by atoms with E-state index in [2.05, 4.69) is 10.4 Å². The molecule has 2 aromatic rings. The van der Waals surface area contributed by atoms with Gasteiger partial charge in [-0.3, -0.25) is 14.3 Å². The lowest BCUT2D eigenvalue weighted by Gasteiger charge is -2.35. The molecule has 0 radical (unpaired) electrons. The molecule has 1 N–H and O–H groups in total. The van der Waals surface area contributed by atoms with E-state index < -0.39 is 23.6 Å². The Morgan fingerprint density at radius 3 is 2.53 bits per heavy atom. The molecule has 1 aromatic carbocycles. The van der Waals surface area contributed by atoms with Crippen molar-refractivity contribution in [3.8, 4) is 0 Å². The van der Waals surface area contributed by atoms with Crippen LogP contribution < -0.4 is 10.2 Å². The van der Waals surface area contributed by atoms with E-state index in [1.54, 1.807) is 20.7 Å². The topological polar surface area (TPSA) is 100 Å². The quantitative estimate of drug-likeness (QED) is 0.693. The Kier molecular flexibility index (Phi) is 6.37. The molecular formula is C24H28F2N6O4. The van der Waals surface area contributed by atoms with Gasteiger partial charge in [-0.15, -0.1) is 0 Å². The number of hydrogen-bond acceptors (Lipinski definition) is 5.